The zero-order valence-electron chi connectivity index (χ0n) is 14.3. The number of carbonyl (C=O) groups excluding carboxylic acids is 2. The van der Waals surface area contributed by atoms with E-state index in [1.807, 2.05) is 0 Å². The molecule has 3 amide bonds. The molecule has 1 unspecified atom stereocenters. The third-order valence-corrected chi connectivity index (χ3v) is 3.87. The monoisotopic (exact) mass is 389 g/mol. The smallest absolute Gasteiger partial charge is 0.481 e. The minimum atomic E-state index is -4.84. The Morgan fingerprint density at radius 3 is 2.74 bits per heavy atom. The first-order chi connectivity index (χ1) is 12.6. The Bertz CT molecular complexity index is 725. The third kappa shape index (κ3) is 5.76. The number of carboxylic acids is 1. The summed E-state index contributed by atoms with van der Waals surface area (Å²) in [5, 5.41) is 11.1. The molecule has 2 rings (SSSR count). The van der Waals surface area contributed by atoms with E-state index in [-0.39, 0.29) is 31.6 Å². The van der Waals surface area contributed by atoms with Crippen LogP contribution in [0.25, 0.3) is 0 Å². The van der Waals surface area contributed by atoms with Crippen LogP contribution in [0.15, 0.2) is 24.3 Å². The number of urea groups is 1. The van der Waals surface area contributed by atoms with Crippen molar-refractivity contribution >= 4 is 23.6 Å². The van der Waals surface area contributed by atoms with Gasteiger partial charge in [-0.2, -0.15) is 0 Å². The van der Waals surface area contributed by atoms with Crippen LogP contribution in [-0.4, -0.2) is 60.5 Å². The number of carboxylic acid groups (broad SMARTS) is 1. The number of hydrogen-bond donors (Lipinski definition) is 2. The molecule has 0 spiro atoms. The predicted octanol–water partition coefficient (Wildman–Crippen LogP) is 1.81. The first-order valence-electron chi connectivity index (χ1n) is 7.97. The molecular weight excluding hydrogens is 371 g/mol. The fraction of sp³-hybridized carbons (Fsp3) is 0.438. The van der Waals surface area contributed by atoms with E-state index < -0.39 is 36.1 Å². The Balaban J connectivity index is 1.99. The van der Waals surface area contributed by atoms with Crippen LogP contribution in [0.4, 0.5) is 23.7 Å². The maximum Gasteiger partial charge on any atom is 0.573 e. The average Bonchev–Trinajstić information content (AvgIpc) is 2.92. The highest BCUT2D eigenvalue weighted by Gasteiger charge is 2.35. The summed E-state index contributed by atoms with van der Waals surface area (Å²) in [6, 6.07) is 3.55. The fourth-order valence-electron chi connectivity index (χ4n) is 2.54. The normalized spacial score (nSPS) is 17.0. The van der Waals surface area contributed by atoms with Gasteiger partial charge in [-0.1, -0.05) is 6.07 Å². The number of aliphatic carboxylic acids is 1. The van der Waals surface area contributed by atoms with E-state index in [0.717, 1.165) is 17.0 Å². The molecule has 27 heavy (non-hydrogen) atoms. The lowest BCUT2D eigenvalue weighted by molar-refractivity contribution is -0.274. The van der Waals surface area contributed by atoms with Crippen molar-refractivity contribution in [1.29, 1.82) is 0 Å². The molecule has 11 heteroatoms. The number of carbonyl (C=O) groups is 3. The van der Waals surface area contributed by atoms with Gasteiger partial charge >= 0.3 is 18.4 Å². The molecule has 0 aliphatic carbocycles. The van der Waals surface area contributed by atoms with Crippen molar-refractivity contribution in [2.75, 3.05) is 25.0 Å². The maximum absolute atomic E-state index is 12.5. The highest BCUT2D eigenvalue weighted by Crippen LogP contribution is 2.29. The van der Waals surface area contributed by atoms with E-state index in [0.29, 0.717) is 0 Å². The number of amides is 3. The molecule has 1 aliphatic rings. The molecule has 2 N–H and O–H groups in total. The van der Waals surface area contributed by atoms with E-state index in [9.17, 15) is 27.6 Å². The zero-order chi connectivity index (χ0) is 20.2. The molecular formula is C16H18F3N3O5. The molecule has 148 valence electrons. The van der Waals surface area contributed by atoms with Crippen LogP contribution < -0.4 is 15.0 Å². The second-order valence-corrected chi connectivity index (χ2v) is 5.89. The topological polar surface area (TPSA) is 99.2 Å². The Morgan fingerprint density at radius 1 is 1.41 bits per heavy atom. The van der Waals surface area contributed by atoms with Gasteiger partial charge in [0.2, 0.25) is 5.91 Å². The van der Waals surface area contributed by atoms with Gasteiger partial charge in [0, 0.05) is 31.9 Å². The summed E-state index contributed by atoms with van der Waals surface area (Å²) in [5.74, 6) is -1.98. The maximum atomic E-state index is 12.5. The second-order valence-electron chi connectivity index (χ2n) is 5.89. The van der Waals surface area contributed by atoms with E-state index >= 15 is 0 Å². The second kappa shape index (κ2) is 8.14. The minimum absolute atomic E-state index is 0.0252. The van der Waals surface area contributed by atoms with Crippen LogP contribution in [-0.2, 0) is 9.59 Å². The van der Waals surface area contributed by atoms with Crippen molar-refractivity contribution in [1.82, 2.24) is 10.2 Å². The van der Waals surface area contributed by atoms with Gasteiger partial charge in [-0.3, -0.25) is 9.59 Å². The van der Waals surface area contributed by atoms with E-state index in [1.165, 1.54) is 24.1 Å². The first-order valence-corrected chi connectivity index (χ1v) is 7.97. The number of benzene rings is 1. The fourth-order valence-corrected chi connectivity index (χ4v) is 2.54. The Hall–Kier alpha value is -2.98. The molecule has 1 atom stereocenters. The summed E-state index contributed by atoms with van der Waals surface area (Å²) in [6.07, 6.45) is -4.81. The zero-order valence-corrected chi connectivity index (χ0v) is 14.3. The molecule has 1 saturated heterocycles. The minimum Gasteiger partial charge on any atom is -0.481 e. The van der Waals surface area contributed by atoms with Crippen molar-refractivity contribution in [3.05, 3.63) is 24.3 Å². The van der Waals surface area contributed by atoms with Crippen LogP contribution in [0.3, 0.4) is 0 Å². The molecule has 0 aromatic heterocycles. The average molecular weight is 389 g/mol. The van der Waals surface area contributed by atoms with E-state index in [4.69, 9.17) is 5.11 Å². The molecule has 1 heterocycles. The van der Waals surface area contributed by atoms with Gasteiger partial charge in [0.05, 0.1) is 6.42 Å². The first kappa shape index (κ1) is 20.3. The van der Waals surface area contributed by atoms with Crippen molar-refractivity contribution in [3.63, 3.8) is 0 Å². The van der Waals surface area contributed by atoms with Crippen molar-refractivity contribution in [2.24, 2.45) is 0 Å². The number of halogens is 3. The summed E-state index contributed by atoms with van der Waals surface area (Å²) in [5.41, 5.74) is 0.220. The number of nitrogens with one attached hydrogen (secondary N) is 1. The summed E-state index contributed by atoms with van der Waals surface area (Å²) < 4.78 is 40.8. The molecule has 1 aromatic carbocycles. The summed E-state index contributed by atoms with van der Waals surface area (Å²) in [4.78, 5) is 37.4. The number of hydrogen-bond acceptors (Lipinski definition) is 4. The van der Waals surface area contributed by atoms with Gasteiger partial charge in [-0.15, -0.1) is 13.2 Å². The van der Waals surface area contributed by atoms with Gasteiger partial charge in [-0.05, 0) is 18.6 Å². The van der Waals surface area contributed by atoms with Gasteiger partial charge < -0.3 is 25.0 Å². The standard InChI is InChI=1S/C16H18F3N3O5/c1-21(7-6-13(23)24)15(26)20-12-5-8-22(14(12)25)10-3-2-4-11(9-10)27-16(17,18)19/h2-4,9,12H,5-8H2,1H3,(H,20,26)(H,23,24). The number of anilines is 1. The third-order valence-electron chi connectivity index (χ3n) is 3.87. The number of ether oxygens (including phenoxy) is 1. The summed E-state index contributed by atoms with van der Waals surface area (Å²) in [7, 11) is 1.40. The van der Waals surface area contributed by atoms with Gasteiger partial charge in [0.25, 0.3) is 0 Å². The predicted molar refractivity (Wildman–Crippen MR) is 87.3 cm³/mol. The summed E-state index contributed by atoms with van der Waals surface area (Å²) in [6.45, 7) is 0.181. The van der Waals surface area contributed by atoms with Crippen LogP contribution in [0, 0.1) is 0 Å². The number of nitrogens with zero attached hydrogens (tertiary/aromatic N) is 2. The lowest BCUT2D eigenvalue weighted by Gasteiger charge is -2.21. The van der Waals surface area contributed by atoms with Crippen LogP contribution in [0.5, 0.6) is 5.75 Å². The van der Waals surface area contributed by atoms with Gasteiger partial charge in [0.15, 0.2) is 0 Å². The lowest BCUT2D eigenvalue weighted by atomic mass is 10.2. The highest BCUT2D eigenvalue weighted by molar-refractivity contribution is 6.01. The summed E-state index contributed by atoms with van der Waals surface area (Å²) >= 11 is 0. The molecule has 1 aromatic rings. The SMILES string of the molecule is CN(CCC(=O)O)C(=O)NC1CCN(c2cccc(OC(F)(F)F)c2)C1=O. The number of rotatable bonds is 6. The van der Waals surface area contributed by atoms with Gasteiger partial charge in [0.1, 0.15) is 11.8 Å². The molecule has 0 radical (unpaired) electrons. The van der Waals surface area contributed by atoms with Crippen molar-refractivity contribution in [2.45, 2.75) is 25.2 Å². The Labute approximate surface area is 152 Å². The Kier molecular flexibility index (Phi) is 6.13. The lowest BCUT2D eigenvalue weighted by Crippen LogP contribution is -2.47. The van der Waals surface area contributed by atoms with Gasteiger partial charge in [-0.25, -0.2) is 4.79 Å². The van der Waals surface area contributed by atoms with Crippen molar-refractivity contribution < 1.29 is 37.4 Å². The molecule has 1 fully saturated rings. The van der Waals surface area contributed by atoms with Crippen LogP contribution >= 0.6 is 0 Å². The number of alkyl halides is 3. The van der Waals surface area contributed by atoms with Crippen molar-refractivity contribution in [3.8, 4) is 5.75 Å². The molecule has 1 aliphatic heterocycles. The quantitative estimate of drug-likeness (QED) is 0.773. The van der Waals surface area contributed by atoms with Crippen LogP contribution in [0.2, 0.25) is 0 Å². The molecule has 8 nitrogen and oxygen atoms in total. The van der Waals surface area contributed by atoms with E-state index in [2.05, 4.69) is 10.1 Å². The largest absolute Gasteiger partial charge is 0.573 e. The van der Waals surface area contributed by atoms with E-state index in [1.54, 1.807) is 0 Å². The highest BCUT2D eigenvalue weighted by atomic mass is 19.4. The molecule has 0 bridgehead atoms. The Morgan fingerprint density at radius 2 is 2.11 bits per heavy atom. The molecule has 0 saturated carbocycles. The van der Waals surface area contributed by atoms with Crippen LogP contribution in [0.1, 0.15) is 12.8 Å².